The summed E-state index contributed by atoms with van der Waals surface area (Å²) in [5.41, 5.74) is 3.91. The van der Waals surface area contributed by atoms with Crippen molar-refractivity contribution in [2.45, 2.75) is 6.42 Å². The third-order valence-corrected chi connectivity index (χ3v) is 2.59. The number of benzene rings is 1. The predicted molar refractivity (Wildman–Crippen MR) is 65.1 cm³/mol. The van der Waals surface area contributed by atoms with Crippen molar-refractivity contribution in [3.63, 3.8) is 0 Å². The molecule has 0 spiro atoms. The van der Waals surface area contributed by atoms with Crippen LogP contribution in [0.4, 0.5) is 0 Å². The minimum Gasteiger partial charge on any atom is -0.378 e. The van der Waals surface area contributed by atoms with Crippen LogP contribution >= 0.6 is 0 Å². The topological polar surface area (TPSA) is 3.24 Å². The van der Waals surface area contributed by atoms with Gasteiger partial charge in [-0.15, -0.1) is 0 Å². The highest BCUT2D eigenvalue weighted by molar-refractivity contribution is 5.75. The smallest absolute Gasteiger partial charge is 0.0323 e. The van der Waals surface area contributed by atoms with Crippen LogP contribution < -0.4 is 0 Å². The van der Waals surface area contributed by atoms with Crippen LogP contribution in [0.2, 0.25) is 0 Å². The maximum Gasteiger partial charge on any atom is 0.0323 e. The molecule has 1 aromatic rings. The molecule has 0 saturated heterocycles. The van der Waals surface area contributed by atoms with E-state index in [0.29, 0.717) is 0 Å². The molecule has 0 unspecified atom stereocenters. The first-order valence-electron chi connectivity index (χ1n) is 5.25. The molecule has 0 atom stereocenters. The molecule has 77 valence electrons. The lowest BCUT2D eigenvalue weighted by molar-refractivity contribution is 0.526. The highest BCUT2D eigenvalue weighted by Gasteiger charge is 2.08. The van der Waals surface area contributed by atoms with E-state index >= 15 is 0 Å². The van der Waals surface area contributed by atoms with Gasteiger partial charge in [0, 0.05) is 19.8 Å². The van der Waals surface area contributed by atoms with Crippen molar-refractivity contribution in [3.05, 3.63) is 60.2 Å². The highest BCUT2D eigenvalue weighted by Crippen LogP contribution is 2.25. The van der Waals surface area contributed by atoms with Gasteiger partial charge in [0.25, 0.3) is 0 Å². The molecule has 0 saturated carbocycles. The van der Waals surface area contributed by atoms with Crippen LogP contribution in [-0.4, -0.2) is 19.0 Å². The monoisotopic (exact) mass is 198 g/mol. The second-order valence-corrected chi connectivity index (χ2v) is 3.93. The van der Waals surface area contributed by atoms with Crippen molar-refractivity contribution in [3.8, 4) is 0 Å². The Kier molecular flexibility index (Phi) is 2.91. The molecule has 0 aliphatic heterocycles. The molecule has 1 heteroatoms. The molecule has 0 heterocycles. The first kappa shape index (κ1) is 10.0. The van der Waals surface area contributed by atoms with Gasteiger partial charge in [-0.1, -0.05) is 36.4 Å². The third kappa shape index (κ3) is 2.30. The Hall–Kier alpha value is -1.50. The Morgan fingerprint density at radius 1 is 1.07 bits per heavy atom. The van der Waals surface area contributed by atoms with Crippen molar-refractivity contribution in [2.24, 2.45) is 0 Å². The van der Waals surface area contributed by atoms with Crippen LogP contribution in [-0.2, 0) is 0 Å². The standard InChI is InChI=1S/C14H16N/c1-15(2)14-10-6-9-13(11-14)12-7-4-3-5-8-12/h3-5,7-11H,6H2,1-2H3. The molecule has 0 amide bonds. The first-order chi connectivity index (χ1) is 7.27. The Morgan fingerprint density at radius 3 is 2.47 bits per heavy atom. The van der Waals surface area contributed by atoms with Crippen molar-refractivity contribution in [1.82, 2.24) is 4.90 Å². The fourth-order valence-electron chi connectivity index (χ4n) is 1.73. The predicted octanol–water partition coefficient (Wildman–Crippen LogP) is 3.12. The molecule has 15 heavy (non-hydrogen) atoms. The number of hydrogen-bond acceptors (Lipinski definition) is 1. The van der Waals surface area contributed by atoms with Crippen molar-refractivity contribution in [1.29, 1.82) is 0 Å². The number of nitrogens with zero attached hydrogens (tertiary/aromatic N) is 1. The molecular weight excluding hydrogens is 182 g/mol. The Labute approximate surface area is 91.7 Å². The molecule has 1 nitrogen and oxygen atoms in total. The van der Waals surface area contributed by atoms with Crippen LogP contribution in [0.25, 0.3) is 5.57 Å². The van der Waals surface area contributed by atoms with E-state index in [1.807, 2.05) is 0 Å². The molecule has 1 aromatic carbocycles. The van der Waals surface area contributed by atoms with Gasteiger partial charge in [-0.25, -0.2) is 0 Å². The fourth-order valence-corrected chi connectivity index (χ4v) is 1.73. The van der Waals surface area contributed by atoms with Gasteiger partial charge in [-0.2, -0.15) is 0 Å². The molecule has 0 aromatic heterocycles. The summed E-state index contributed by atoms with van der Waals surface area (Å²) in [6.07, 6.45) is 7.77. The lowest BCUT2D eigenvalue weighted by atomic mass is 9.96. The maximum atomic E-state index is 2.27. The summed E-state index contributed by atoms with van der Waals surface area (Å²) in [6.45, 7) is 0. The van der Waals surface area contributed by atoms with E-state index in [4.69, 9.17) is 0 Å². The minimum atomic E-state index is 1.02. The summed E-state index contributed by atoms with van der Waals surface area (Å²) in [7, 11) is 4.16. The normalized spacial score (nSPS) is 15.6. The summed E-state index contributed by atoms with van der Waals surface area (Å²) in [5.74, 6) is 0. The number of likely N-dealkylation sites (N-methyl/N-ethyl adjacent to an activating group) is 1. The second-order valence-electron chi connectivity index (χ2n) is 3.93. The summed E-state index contributed by atoms with van der Waals surface area (Å²) >= 11 is 0. The van der Waals surface area contributed by atoms with E-state index in [9.17, 15) is 0 Å². The SMILES string of the molecule is CN(C)C1=CC[CH]C(c2ccccc2)=C1. The van der Waals surface area contributed by atoms with Gasteiger partial charge in [-0.3, -0.25) is 0 Å². The summed E-state index contributed by atoms with van der Waals surface area (Å²) in [5, 5.41) is 0. The van der Waals surface area contributed by atoms with Crippen LogP contribution in [0.3, 0.4) is 0 Å². The van der Waals surface area contributed by atoms with Gasteiger partial charge in [0.15, 0.2) is 0 Å². The average molecular weight is 198 g/mol. The molecule has 0 N–H and O–H groups in total. The highest BCUT2D eigenvalue weighted by atomic mass is 15.1. The van der Waals surface area contributed by atoms with Crippen molar-refractivity contribution >= 4 is 5.57 Å². The van der Waals surface area contributed by atoms with E-state index in [1.54, 1.807) is 0 Å². The Morgan fingerprint density at radius 2 is 1.80 bits per heavy atom. The average Bonchev–Trinajstić information content (AvgIpc) is 2.30. The fraction of sp³-hybridized carbons (Fsp3) is 0.214. The zero-order valence-electron chi connectivity index (χ0n) is 9.27. The Balaban J connectivity index is 2.28. The van der Waals surface area contributed by atoms with Crippen LogP contribution in [0.1, 0.15) is 12.0 Å². The number of hydrogen-bond donors (Lipinski definition) is 0. The third-order valence-electron chi connectivity index (χ3n) is 2.59. The molecule has 0 bridgehead atoms. The summed E-state index contributed by atoms with van der Waals surface area (Å²) < 4.78 is 0. The van der Waals surface area contributed by atoms with E-state index < -0.39 is 0 Å². The van der Waals surface area contributed by atoms with Crippen molar-refractivity contribution < 1.29 is 0 Å². The lowest BCUT2D eigenvalue weighted by Crippen LogP contribution is -2.11. The summed E-state index contributed by atoms with van der Waals surface area (Å²) in [6, 6.07) is 10.5. The van der Waals surface area contributed by atoms with Gasteiger partial charge in [0.2, 0.25) is 0 Å². The quantitative estimate of drug-likeness (QED) is 0.705. The maximum absolute atomic E-state index is 2.27. The van der Waals surface area contributed by atoms with Crippen LogP contribution in [0.5, 0.6) is 0 Å². The Bertz CT molecular complexity index is 385. The first-order valence-corrected chi connectivity index (χ1v) is 5.25. The number of rotatable bonds is 2. The number of allylic oxidation sites excluding steroid dienone is 3. The van der Waals surface area contributed by atoms with Crippen molar-refractivity contribution in [2.75, 3.05) is 14.1 Å². The van der Waals surface area contributed by atoms with Crippen LogP contribution in [0.15, 0.2) is 48.2 Å². The molecule has 1 radical (unpaired) electrons. The van der Waals surface area contributed by atoms with E-state index in [1.165, 1.54) is 16.8 Å². The van der Waals surface area contributed by atoms with E-state index in [-0.39, 0.29) is 0 Å². The van der Waals surface area contributed by atoms with Gasteiger partial charge >= 0.3 is 0 Å². The van der Waals surface area contributed by atoms with Gasteiger partial charge in [-0.05, 0) is 30.1 Å². The van der Waals surface area contributed by atoms with E-state index in [0.717, 1.165) is 6.42 Å². The van der Waals surface area contributed by atoms with Gasteiger partial charge < -0.3 is 4.90 Å². The zero-order valence-corrected chi connectivity index (χ0v) is 9.27. The van der Waals surface area contributed by atoms with Gasteiger partial charge in [0.05, 0.1) is 0 Å². The minimum absolute atomic E-state index is 1.02. The molecule has 1 aliphatic rings. The molecular formula is C14H16N. The molecule has 2 rings (SSSR count). The lowest BCUT2D eigenvalue weighted by Gasteiger charge is -2.19. The van der Waals surface area contributed by atoms with Gasteiger partial charge in [0.1, 0.15) is 0 Å². The largest absolute Gasteiger partial charge is 0.378 e. The second kappa shape index (κ2) is 4.35. The van der Waals surface area contributed by atoms with E-state index in [2.05, 4.69) is 67.9 Å². The summed E-state index contributed by atoms with van der Waals surface area (Å²) in [4.78, 5) is 2.15. The zero-order chi connectivity index (χ0) is 10.7. The molecule has 1 aliphatic carbocycles. The molecule has 0 fully saturated rings. The van der Waals surface area contributed by atoms with Crippen LogP contribution in [0, 0.1) is 6.42 Å².